The first-order valence-electron chi connectivity index (χ1n) is 8.97. The quantitative estimate of drug-likeness (QED) is 0.507. The van der Waals surface area contributed by atoms with Crippen molar-refractivity contribution in [3.05, 3.63) is 72.4 Å². The Morgan fingerprint density at radius 1 is 1.14 bits per heavy atom. The van der Waals surface area contributed by atoms with Crippen LogP contribution >= 0.6 is 22.9 Å². The highest BCUT2D eigenvalue weighted by molar-refractivity contribution is 7.10. The molecule has 0 aliphatic carbocycles. The predicted octanol–water partition coefficient (Wildman–Crippen LogP) is 3.35. The second kappa shape index (κ2) is 6.18. The molecule has 142 valence electrons. The molecule has 1 unspecified atom stereocenters. The number of halogens is 1. The maximum atomic E-state index is 13.2. The molecule has 1 aliphatic rings. The molecular weight excluding hydrogens is 396 g/mol. The molecule has 0 saturated carbocycles. The van der Waals surface area contributed by atoms with Crippen molar-refractivity contribution < 1.29 is 0 Å². The summed E-state index contributed by atoms with van der Waals surface area (Å²) in [5, 5.41) is 3.79. The fourth-order valence-corrected chi connectivity index (χ4v) is 5.38. The Bertz CT molecular complexity index is 1350. The summed E-state index contributed by atoms with van der Waals surface area (Å²) in [6.07, 6.45) is 0.859. The van der Waals surface area contributed by atoms with E-state index in [1.54, 1.807) is 11.6 Å². The van der Waals surface area contributed by atoms with Gasteiger partial charge in [-0.05, 0) is 12.0 Å². The fraction of sp³-hybridized carbons (Fsp3) is 0.250. The monoisotopic (exact) mass is 412 g/mol. The van der Waals surface area contributed by atoms with Crippen LogP contribution in [0.2, 0.25) is 5.15 Å². The van der Waals surface area contributed by atoms with E-state index in [4.69, 9.17) is 11.6 Å². The Morgan fingerprint density at radius 3 is 2.57 bits per heavy atom. The summed E-state index contributed by atoms with van der Waals surface area (Å²) in [7, 11) is 3.25. The van der Waals surface area contributed by atoms with Crippen LogP contribution in [0.3, 0.4) is 0 Å². The lowest BCUT2D eigenvalue weighted by Crippen LogP contribution is -2.37. The number of nitrogens with zero attached hydrogens (tertiary/aromatic N) is 4. The molecule has 1 atom stereocenters. The van der Waals surface area contributed by atoms with E-state index in [-0.39, 0.29) is 17.2 Å². The molecule has 8 heteroatoms. The maximum Gasteiger partial charge on any atom is 0.331 e. The third kappa shape index (κ3) is 2.29. The van der Waals surface area contributed by atoms with Gasteiger partial charge in [0.05, 0.1) is 28.2 Å². The van der Waals surface area contributed by atoms with Gasteiger partial charge in [-0.25, -0.2) is 9.78 Å². The van der Waals surface area contributed by atoms with Gasteiger partial charge in [-0.15, -0.1) is 11.3 Å². The van der Waals surface area contributed by atoms with E-state index in [1.165, 1.54) is 23.0 Å². The normalized spacial score (nSPS) is 16.0. The summed E-state index contributed by atoms with van der Waals surface area (Å²) >= 11 is 7.59. The van der Waals surface area contributed by atoms with Gasteiger partial charge >= 0.3 is 5.69 Å². The topological polar surface area (TPSA) is 61.8 Å². The van der Waals surface area contributed by atoms with Crippen LogP contribution in [0.15, 0.2) is 45.3 Å². The molecule has 4 aromatic rings. The zero-order valence-electron chi connectivity index (χ0n) is 15.3. The van der Waals surface area contributed by atoms with Crippen molar-refractivity contribution in [1.29, 1.82) is 0 Å². The first kappa shape index (κ1) is 17.5. The lowest BCUT2D eigenvalue weighted by atomic mass is 10.0. The SMILES string of the molecule is Cn1c(=O)c2c(-c3ccccc3)n3c(c2n(C)c1=O)C(c1nc(Cl)cs1)CC3. The lowest BCUT2D eigenvalue weighted by molar-refractivity contribution is 0.705. The molecule has 0 saturated heterocycles. The Hall–Kier alpha value is -2.64. The number of rotatable bonds is 2. The predicted molar refractivity (Wildman–Crippen MR) is 111 cm³/mol. The van der Waals surface area contributed by atoms with E-state index < -0.39 is 0 Å². The van der Waals surface area contributed by atoms with Crippen LogP contribution in [0.1, 0.15) is 23.0 Å². The van der Waals surface area contributed by atoms with Gasteiger partial charge in [-0.2, -0.15) is 0 Å². The third-order valence-electron chi connectivity index (χ3n) is 5.52. The average molecular weight is 413 g/mol. The summed E-state index contributed by atoms with van der Waals surface area (Å²) in [6, 6.07) is 9.87. The third-order valence-corrected chi connectivity index (χ3v) is 6.80. The number of benzene rings is 1. The molecule has 1 aromatic carbocycles. The number of hydrogen-bond acceptors (Lipinski definition) is 4. The van der Waals surface area contributed by atoms with Crippen molar-refractivity contribution >= 4 is 33.8 Å². The van der Waals surface area contributed by atoms with Crippen molar-refractivity contribution in [2.75, 3.05) is 0 Å². The van der Waals surface area contributed by atoms with Crippen LogP contribution in [0.5, 0.6) is 0 Å². The van der Waals surface area contributed by atoms with Crippen LogP contribution in [-0.4, -0.2) is 18.7 Å². The van der Waals surface area contributed by atoms with E-state index in [1.807, 2.05) is 35.7 Å². The summed E-state index contributed by atoms with van der Waals surface area (Å²) in [5.41, 5.74) is 2.90. The molecular formula is C20H17ClN4O2S. The number of thiazole rings is 1. The van der Waals surface area contributed by atoms with Crippen molar-refractivity contribution in [1.82, 2.24) is 18.7 Å². The highest BCUT2D eigenvalue weighted by atomic mass is 35.5. The number of aryl methyl sites for hydroxylation is 1. The highest BCUT2D eigenvalue weighted by Crippen LogP contribution is 2.44. The Kier molecular flexibility index (Phi) is 3.86. The second-order valence-electron chi connectivity index (χ2n) is 7.03. The summed E-state index contributed by atoms with van der Waals surface area (Å²) < 4.78 is 4.95. The minimum absolute atomic E-state index is 0.00942. The highest BCUT2D eigenvalue weighted by Gasteiger charge is 2.35. The number of hydrogen-bond donors (Lipinski definition) is 0. The van der Waals surface area contributed by atoms with Crippen molar-refractivity contribution in [2.45, 2.75) is 18.9 Å². The van der Waals surface area contributed by atoms with Gasteiger partial charge < -0.3 is 4.57 Å². The number of fused-ring (bicyclic) bond motifs is 3. The van der Waals surface area contributed by atoms with E-state index >= 15 is 0 Å². The van der Waals surface area contributed by atoms with Crippen LogP contribution in [-0.2, 0) is 20.6 Å². The van der Waals surface area contributed by atoms with Crippen LogP contribution in [0, 0.1) is 0 Å². The minimum Gasteiger partial charge on any atom is -0.341 e. The van der Waals surface area contributed by atoms with E-state index in [0.29, 0.717) is 16.1 Å². The first-order valence-corrected chi connectivity index (χ1v) is 10.2. The Labute approximate surface area is 169 Å². The van der Waals surface area contributed by atoms with Gasteiger partial charge in [0.25, 0.3) is 5.56 Å². The van der Waals surface area contributed by atoms with Gasteiger partial charge in [0.1, 0.15) is 10.2 Å². The van der Waals surface area contributed by atoms with Crippen molar-refractivity contribution in [3.8, 4) is 11.3 Å². The van der Waals surface area contributed by atoms with Crippen LogP contribution in [0.25, 0.3) is 22.2 Å². The lowest BCUT2D eigenvalue weighted by Gasteiger charge is -2.10. The molecule has 0 spiro atoms. The van der Waals surface area contributed by atoms with Crippen molar-refractivity contribution in [3.63, 3.8) is 0 Å². The zero-order chi connectivity index (χ0) is 19.6. The molecule has 1 aliphatic heterocycles. The average Bonchev–Trinajstić information content (AvgIpc) is 3.39. The standard InChI is InChI=1S/C20H17ClN4O2S/c1-23-17-14(19(26)24(2)20(23)27)15(11-6-4-3-5-7-11)25-9-8-12(16(17)25)18-22-13(21)10-28-18/h3-7,10,12H,8-9H2,1-2H3. The molecule has 4 heterocycles. The van der Waals surface area contributed by atoms with Gasteiger partial charge in [0.15, 0.2) is 0 Å². The van der Waals surface area contributed by atoms with E-state index in [9.17, 15) is 9.59 Å². The van der Waals surface area contributed by atoms with Crippen molar-refractivity contribution in [2.24, 2.45) is 14.1 Å². The van der Waals surface area contributed by atoms with E-state index in [0.717, 1.165) is 34.9 Å². The molecule has 0 radical (unpaired) electrons. The smallest absolute Gasteiger partial charge is 0.331 e. The van der Waals surface area contributed by atoms with Gasteiger partial charge in [0.2, 0.25) is 0 Å². The fourth-order valence-electron chi connectivity index (χ4n) is 4.28. The van der Waals surface area contributed by atoms with Crippen LogP contribution in [0.4, 0.5) is 0 Å². The Morgan fingerprint density at radius 2 is 1.89 bits per heavy atom. The maximum absolute atomic E-state index is 13.2. The molecule has 5 rings (SSSR count). The molecule has 28 heavy (non-hydrogen) atoms. The molecule has 0 amide bonds. The molecule has 0 fully saturated rings. The van der Waals surface area contributed by atoms with Gasteiger partial charge in [0, 0.05) is 26.0 Å². The minimum atomic E-state index is -0.326. The Balaban J connectivity index is 1.95. The summed E-state index contributed by atoms with van der Waals surface area (Å²) in [4.78, 5) is 30.3. The van der Waals surface area contributed by atoms with Gasteiger partial charge in [-0.3, -0.25) is 13.9 Å². The number of aromatic nitrogens is 4. The molecule has 6 nitrogen and oxygen atoms in total. The molecule has 0 bridgehead atoms. The largest absolute Gasteiger partial charge is 0.341 e. The van der Waals surface area contributed by atoms with Gasteiger partial charge in [-0.1, -0.05) is 41.9 Å². The van der Waals surface area contributed by atoms with Crippen LogP contribution < -0.4 is 11.2 Å². The zero-order valence-corrected chi connectivity index (χ0v) is 16.9. The summed E-state index contributed by atoms with van der Waals surface area (Å²) in [6.45, 7) is 0.757. The molecule has 3 aromatic heterocycles. The molecule has 0 N–H and O–H groups in total. The van der Waals surface area contributed by atoms with E-state index in [2.05, 4.69) is 9.55 Å². The second-order valence-corrected chi connectivity index (χ2v) is 8.31. The first-order chi connectivity index (χ1) is 13.5. The summed E-state index contributed by atoms with van der Waals surface area (Å²) in [5.74, 6) is 0.00942.